The smallest absolute Gasteiger partial charge is 0.396 e. The van der Waals surface area contributed by atoms with Crippen LogP contribution in [0, 0.1) is 0 Å². The van der Waals surface area contributed by atoms with Crippen molar-refractivity contribution in [2.45, 2.75) is 12.8 Å². The first kappa shape index (κ1) is 15.7. The van der Waals surface area contributed by atoms with Gasteiger partial charge in [0.15, 0.2) is 0 Å². The van der Waals surface area contributed by atoms with Gasteiger partial charge in [0.2, 0.25) is 0 Å². The summed E-state index contributed by atoms with van der Waals surface area (Å²) >= 11 is 0. The lowest BCUT2D eigenvalue weighted by Crippen LogP contribution is -2.22. The highest BCUT2D eigenvalue weighted by Gasteiger charge is 2.31. The number of aliphatic hydroxyl groups excluding tert-OH is 2. The zero-order valence-electron chi connectivity index (χ0n) is 8.40. The van der Waals surface area contributed by atoms with Crippen molar-refractivity contribution < 1.29 is 35.4 Å². The van der Waals surface area contributed by atoms with E-state index in [0.29, 0.717) is 0 Å². The van der Waals surface area contributed by atoms with E-state index in [9.17, 15) is 16.8 Å². The van der Waals surface area contributed by atoms with Gasteiger partial charge in [-0.3, -0.25) is 8.37 Å². The van der Waals surface area contributed by atoms with E-state index >= 15 is 0 Å². The molecule has 10 heteroatoms. The monoisotopic (exact) mass is 278 g/mol. The van der Waals surface area contributed by atoms with Crippen molar-refractivity contribution in [2.75, 3.05) is 26.4 Å². The van der Waals surface area contributed by atoms with Crippen LogP contribution in [0.5, 0.6) is 0 Å². The highest BCUT2D eigenvalue weighted by atomic mass is 33.2. The van der Waals surface area contributed by atoms with Crippen LogP contribution < -0.4 is 0 Å². The summed E-state index contributed by atoms with van der Waals surface area (Å²) in [7, 11) is -9.71. The second-order valence-electron chi connectivity index (χ2n) is 2.61. The lowest BCUT2D eigenvalue weighted by Gasteiger charge is -2.05. The molecular formula is C6H14O8S2. The Labute approximate surface area is 93.4 Å². The summed E-state index contributed by atoms with van der Waals surface area (Å²) in [6, 6.07) is 0. The average Bonchev–Trinajstić information content (AvgIpc) is 2.18. The first-order chi connectivity index (χ1) is 7.37. The Balaban J connectivity index is 4.36. The Morgan fingerprint density at radius 1 is 0.750 bits per heavy atom. The van der Waals surface area contributed by atoms with Gasteiger partial charge in [-0.05, 0) is 12.8 Å². The van der Waals surface area contributed by atoms with E-state index in [2.05, 4.69) is 8.37 Å². The first-order valence-electron chi connectivity index (χ1n) is 4.38. The minimum absolute atomic E-state index is 0.00854. The van der Waals surface area contributed by atoms with Crippen LogP contribution in [0.15, 0.2) is 0 Å². The summed E-state index contributed by atoms with van der Waals surface area (Å²) in [4.78, 5) is 0. The van der Waals surface area contributed by atoms with Crippen molar-refractivity contribution >= 4 is 18.3 Å². The topological polar surface area (TPSA) is 127 Å². The van der Waals surface area contributed by atoms with Crippen molar-refractivity contribution in [1.82, 2.24) is 0 Å². The summed E-state index contributed by atoms with van der Waals surface area (Å²) in [5.41, 5.74) is 0. The molecule has 98 valence electrons. The van der Waals surface area contributed by atoms with Crippen molar-refractivity contribution in [1.29, 1.82) is 0 Å². The lowest BCUT2D eigenvalue weighted by atomic mass is 10.5. The first-order valence-corrected chi connectivity index (χ1v) is 7.71. The van der Waals surface area contributed by atoms with Crippen LogP contribution in [0.4, 0.5) is 0 Å². The fourth-order valence-corrected chi connectivity index (χ4v) is 2.56. The molecule has 0 rings (SSSR count). The highest BCUT2D eigenvalue weighted by Crippen LogP contribution is 2.08. The van der Waals surface area contributed by atoms with Crippen molar-refractivity contribution in [2.24, 2.45) is 0 Å². The zero-order chi connectivity index (χ0) is 12.7. The molecule has 2 N–H and O–H groups in total. The standard InChI is InChI=1S/C6H14O8S2/c7-3-1-5-13-15(9,10)16(11,12)14-6-2-4-8/h7-8H,1-6H2. The quantitative estimate of drug-likeness (QED) is 0.379. The fourth-order valence-electron chi connectivity index (χ4n) is 0.569. The van der Waals surface area contributed by atoms with E-state index in [1.807, 2.05) is 0 Å². The maximum atomic E-state index is 11.0. The lowest BCUT2D eigenvalue weighted by molar-refractivity contribution is 0.230. The van der Waals surface area contributed by atoms with E-state index in [1.54, 1.807) is 0 Å². The minimum Gasteiger partial charge on any atom is -0.396 e. The molecule has 0 aromatic heterocycles. The Morgan fingerprint density at radius 2 is 1.06 bits per heavy atom. The molecule has 0 aliphatic carbocycles. The van der Waals surface area contributed by atoms with Crippen LogP contribution in [0.1, 0.15) is 12.8 Å². The predicted octanol–water partition coefficient (Wildman–Crippen LogP) is -1.64. The molecule has 0 aromatic rings. The van der Waals surface area contributed by atoms with Gasteiger partial charge >= 0.3 is 18.3 Å². The van der Waals surface area contributed by atoms with Gasteiger partial charge in [-0.15, -0.1) is 0 Å². The van der Waals surface area contributed by atoms with E-state index in [-0.39, 0.29) is 26.1 Å². The minimum atomic E-state index is -4.86. The number of hydrogen-bond acceptors (Lipinski definition) is 8. The summed E-state index contributed by atoms with van der Waals surface area (Å²) in [5.74, 6) is 0. The van der Waals surface area contributed by atoms with E-state index in [1.165, 1.54) is 0 Å². The van der Waals surface area contributed by atoms with E-state index < -0.39 is 31.5 Å². The molecule has 0 radical (unpaired) electrons. The van der Waals surface area contributed by atoms with Crippen LogP contribution in [0.25, 0.3) is 0 Å². The SMILES string of the molecule is O=S(=O)(OCCCO)S(=O)(=O)OCCCO. The molecule has 0 spiro atoms. The molecular weight excluding hydrogens is 264 g/mol. The molecule has 0 amide bonds. The summed E-state index contributed by atoms with van der Waals surface area (Å²) in [6.07, 6.45) is -0.0171. The maximum absolute atomic E-state index is 11.0. The molecule has 0 bridgehead atoms. The third-order valence-electron chi connectivity index (χ3n) is 1.31. The Bertz CT molecular complexity index is 331. The van der Waals surface area contributed by atoms with Crippen LogP contribution >= 0.6 is 0 Å². The van der Waals surface area contributed by atoms with Gasteiger partial charge in [-0.2, -0.15) is 16.8 Å². The number of aliphatic hydroxyl groups is 2. The van der Waals surface area contributed by atoms with Crippen molar-refractivity contribution in [3.8, 4) is 0 Å². The number of hydrogen-bond donors (Lipinski definition) is 2. The van der Waals surface area contributed by atoms with Crippen LogP contribution in [-0.2, 0) is 26.7 Å². The zero-order valence-corrected chi connectivity index (χ0v) is 10.0. The molecule has 0 aliphatic rings. The third-order valence-corrected chi connectivity index (χ3v) is 4.80. The molecule has 0 aromatic carbocycles. The van der Waals surface area contributed by atoms with Gasteiger partial charge < -0.3 is 10.2 Å². The molecule has 0 fully saturated rings. The summed E-state index contributed by atoms with van der Waals surface area (Å²) in [5, 5.41) is 16.7. The van der Waals surface area contributed by atoms with Gasteiger partial charge in [0, 0.05) is 13.2 Å². The molecule has 16 heavy (non-hydrogen) atoms. The van der Waals surface area contributed by atoms with Crippen molar-refractivity contribution in [3.63, 3.8) is 0 Å². The van der Waals surface area contributed by atoms with Gasteiger partial charge in [0.1, 0.15) is 0 Å². The highest BCUT2D eigenvalue weighted by molar-refractivity contribution is 8.63. The molecule has 0 saturated heterocycles. The van der Waals surface area contributed by atoms with Gasteiger partial charge in [0.05, 0.1) is 13.2 Å². The van der Waals surface area contributed by atoms with Crippen molar-refractivity contribution in [3.05, 3.63) is 0 Å². The van der Waals surface area contributed by atoms with Gasteiger partial charge in [-0.1, -0.05) is 0 Å². The third kappa shape index (κ3) is 5.18. The maximum Gasteiger partial charge on any atom is 0.400 e. The fraction of sp³-hybridized carbons (Fsp3) is 1.00. The normalized spacial score (nSPS) is 12.9. The Hall–Kier alpha value is -0.260. The van der Waals surface area contributed by atoms with Gasteiger partial charge in [-0.25, -0.2) is 0 Å². The summed E-state index contributed by atoms with van der Waals surface area (Å²) in [6.45, 7) is -1.52. The average molecular weight is 278 g/mol. The Kier molecular flexibility index (Phi) is 7.03. The second-order valence-corrected chi connectivity index (χ2v) is 7.17. The second kappa shape index (κ2) is 7.14. The van der Waals surface area contributed by atoms with Gasteiger partial charge in [0.25, 0.3) is 0 Å². The molecule has 0 atom stereocenters. The predicted molar refractivity (Wildman–Crippen MR) is 53.1 cm³/mol. The molecule has 0 unspecified atom stereocenters. The summed E-state index contributed by atoms with van der Waals surface area (Å²) < 4.78 is 52.4. The van der Waals surface area contributed by atoms with Crippen LogP contribution in [0.3, 0.4) is 0 Å². The molecule has 0 aliphatic heterocycles. The van der Waals surface area contributed by atoms with Crippen LogP contribution in [-0.4, -0.2) is 53.5 Å². The Morgan fingerprint density at radius 3 is 1.31 bits per heavy atom. The van der Waals surface area contributed by atoms with E-state index in [0.717, 1.165) is 0 Å². The largest absolute Gasteiger partial charge is 0.400 e. The van der Waals surface area contributed by atoms with E-state index in [4.69, 9.17) is 10.2 Å². The van der Waals surface area contributed by atoms with Crippen LogP contribution in [0.2, 0.25) is 0 Å². The molecule has 0 heterocycles. The number of rotatable bonds is 9. The molecule has 8 nitrogen and oxygen atoms in total. The molecule has 0 saturated carbocycles.